The molecule has 1 unspecified atom stereocenters. The molecule has 0 aromatic rings. The number of hydrogen-bond donors (Lipinski definition) is 0. The first-order valence-corrected chi connectivity index (χ1v) is 5.33. The average Bonchev–Trinajstić information content (AvgIpc) is 2.52. The third kappa shape index (κ3) is 1.70. The number of fused-ring (bicyclic) bond motifs is 1. The molecule has 2 rings (SSSR count). The standard InChI is InChI=1S/C10H18N2O/c1-2-5-12-7-9-4-3-6-11(9)8-10(12)13/h9H,2-8H2,1H3. The topological polar surface area (TPSA) is 23.6 Å². The van der Waals surface area contributed by atoms with E-state index in [1.54, 1.807) is 0 Å². The fourth-order valence-electron chi connectivity index (χ4n) is 2.43. The molecule has 2 aliphatic rings. The lowest BCUT2D eigenvalue weighted by Crippen LogP contribution is -2.53. The Kier molecular flexibility index (Phi) is 2.54. The highest BCUT2D eigenvalue weighted by molar-refractivity contribution is 5.79. The molecule has 0 spiro atoms. The first-order chi connectivity index (χ1) is 6.31. The molecule has 2 saturated heterocycles. The van der Waals surface area contributed by atoms with Gasteiger partial charge in [-0.15, -0.1) is 0 Å². The maximum atomic E-state index is 11.6. The molecule has 13 heavy (non-hydrogen) atoms. The lowest BCUT2D eigenvalue weighted by Gasteiger charge is -2.36. The van der Waals surface area contributed by atoms with E-state index in [0.29, 0.717) is 18.5 Å². The minimum Gasteiger partial charge on any atom is -0.340 e. The van der Waals surface area contributed by atoms with Gasteiger partial charge in [-0.25, -0.2) is 0 Å². The van der Waals surface area contributed by atoms with Gasteiger partial charge in [-0.3, -0.25) is 9.69 Å². The molecule has 1 atom stereocenters. The number of carbonyl (C=O) groups is 1. The van der Waals surface area contributed by atoms with E-state index in [1.807, 2.05) is 4.90 Å². The summed E-state index contributed by atoms with van der Waals surface area (Å²) in [5.74, 6) is 0.333. The highest BCUT2D eigenvalue weighted by Gasteiger charge is 2.34. The third-order valence-electron chi connectivity index (χ3n) is 3.11. The second kappa shape index (κ2) is 3.66. The highest BCUT2D eigenvalue weighted by Crippen LogP contribution is 2.21. The Bertz CT molecular complexity index is 205. The van der Waals surface area contributed by atoms with Crippen molar-refractivity contribution in [3.8, 4) is 0 Å². The van der Waals surface area contributed by atoms with Gasteiger partial charge in [-0.1, -0.05) is 6.92 Å². The normalized spacial score (nSPS) is 29.5. The van der Waals surface area contributed by atoms with E-state index in [4.69, 9.17) is 0 Å². The average molecular weight is 182 g/mol. The second-order valence-electron chi connectivity index (χ2n) is 4.11. The Morgan fingerprint density at radius 1 is 1.54 bits per heavy atom. The molecular formula is C10H18N2O. The Morgan fingerprint density at radius 3 is 3.15 bits per heavy atom. The molecule has 0 saturated carbocycles. The van der Waals surface area contributed by atoms with Gasteiger partial charge < -0.3 is 4.90 Å². The molecule has 0 radical (unpaired) electrons. The summed E-state index contributed by atoms with van der Waals surface area (Å²) in [4.78, 5) is 16.0. The summed E-state index contributed by atoms with van der Waals surface area (Å²) < 4.78 is 0. The van der Waals surface area contributed by atoms with Gasteiger partial charge >= 0.3 is 0 Å². The highest BCUT2D eigenvalue weighted by atomic mass is 16.2. The smallest absolute Gasteiger partial charge is 0.236 e. The predicted molar refractivity (Wildman–Crippen MR) is 51.5 cm³/mol. The molecular weight excluding hydrogens is 164 g/mol. The molecule has 0 aromatic heterocycles. The fourth-order valence-corrected chi connectivity index (χ4v) is 2.43. The Labute approximate surface area is 79.7 Å². The van der Waals surface area contributed by atoms with Gasteiger partial charge in [0.05, 0.1) is 6.54 Å². The minimum absolute atomic E-state index is 0.333. The number of amides is 1. The molecule has 0 N–H and O–H groups in total. The van der Waals surface area contributed by atoms with E-state index in [-0.39, 0.29) is 0 Å². The molecule has 2 heterocycles. The molecule has 0 aromatic carbocycles. The lowest BCUT2D eigenvalue weighted by atomic mass is 10.1. The molecule has 3 nitrogen and oxygen atoms in total. The van der Waals surface area contributed by atoms with E-state index in [9.17, 15) is 4.79 Å². The van der Waals surface area contributed by atoms with Gasteiger partial charge in [-0.2, -0.15) is 0 Å². The number of carbonyl (C=O) groups excluding carboxylic acids is 1. The van der Waals surface area contributed by atoms with Crippen LogP contribution in [-0.4, -0.2) is 47.9 Å². The first kappa shape index (κ1) is 9.00. The quantitative estimate of drug-likeness (QED) is 0.627. The summed E-state index contributed by atoms with van der Waals surface area (Å²) >= 11 is 0. The van der Waals surface area contributed by atoms with Crippen LogP contribution in [0.15, 0.2) is 0 Å². The molecule has 0 aliphatic carbocycles. The van der Waals surface area contributed by atoms with E-state index in [1.165, 1.54) is 12.8 Å². The van der Waals surface area contributed by atoms with Gasteiger partial charge in [0.15, 0.2) is 0 Å². The van der Waals surface area contributed by atoms with Crippen LogP contribution in [0.3, 0.4) is 0 Å². The van der Waals surface area contributed by atoms with E-state index in [0.717, 1.165) is 26.1 Å². The zero-order valence-corrected chi connectivity index (χ0v) is 8.33. The van der Waals surface area contributed by atoms with Gasteiger partial charge in [0.2, 0.25) is 5.91 Å². The van der Waals surface area contributed by atoms with Crippen molar-refractivity contribution >= 4 is 5.91 Å². The van der Waals surface area contributed by atoms with Crippen molar-refractivity contribution in [3.63, 3.8) is 0 Å². The summed E-state index contributed by atoms with van der Waals surface area (Å²) in [5, 5.41) is 0. The van der Waals surface area contributed by atoms with Gasteiger partial charge in [0, 0.05) is 19.1 Å². The van der Waals surface area contributed by atoms with E-state index in [2.05, 4.69) is 11.8 Å². The van der Waals surface area contributed by atoms with Gasteiger partial charge in [0.25, 0.3) is 0 Å². The van der Waals surface area contributed by atoms with Crippen molar-refractivity contribution in [2.45, 2.75) is 32.2 Å². The molecule has 1 amide bonds. The molecule has 2 fully saturated rings. The molecule has 3 heteroatoms. The van der Waals surface area contributed by atoms with Crippen molar-refractivity contribution in [1.29, 1.82) is 0 Å². The van der Waals surface area contributed by atoms with Crippen LogP contribution in [0.4, 0.5) is 0 Å². The van der Waals surface area contributed by atoms with Crippen LogP contribution in [0.5, 0.6) is 0 Å². The Balaban J connectivity index is 1.97. The summed E-state index contributed by atoms with van der Waals surface area (Å²) in [6.07, 6.45) is 3.64. The van der Waals surface area contributed by atoms with E-state index < -0.39 is 0 Å². The third-order valence-corrected chi connectivity index (χ3v) is 3.11. The SMILES string of the molecule is CCCN1CC2CCCN2CC1=O. The summed E-state index contributed by atoms with van der Waals surface area (Å²) in [6, 6.07) is 0.671. The monoisotopic (exact) mass is 182 g/mol. The van der Waals surface area contributed by atoms with Crippen molar-refractivity contribution in [1.82, 2.24) is 9.80 Å². The van der Waals surface area contributed by atoms with E-state index >= 15 is 0 Å². The fraction of sp³-hybridized carbons (Fsp3) is 0.900. The first-order valence-electron chi connectivity index (χ1n) is 5.33. The molecule has 74 valence electrons. The maximum absolute atomic E-state index is 11.6. The van der Waals surface area contributed by atoms with Crippen LogP contribution in [0.25, 0.3) is 0 Å². The van der Waals surface area contributed by atoms with Crippen LogP contribution < -0.4 is 0 Å². The largest absolute Gasteiger partial charge is 0.340 e. The van der Waals surface area contributed by atoms with Gasteiger partial charge in [0.1, 0.15) is 0 Å². The van der Waals surface area contributed by atoms with Crippen LogP contribution in [0.1, 0.15) is 26.2 Å². The number of nitrogens with zero attached hydrogens (tertiary/aromatic N) is 2. The molecule has 2 aliphatic heterocycles. The zero-order chi connectivity index (χ0) is 9.26. The lowest BCUT2D eigenvalue weighted by molar-refractivity contribution is -0.137. The van der Waals surface area contributed by atoms with Crippen LogP contribution in [0.2, 0.25) is 0 Å². The molecule has 0 bridgehead atoms. The summed E-state index contributed by atoms with van der Waals surface area (Å²) in [5.41, 5.74) is 0. The van der Waals surface area contributed by atoms with Crippen LogP contribution in [-0.2, 0) is 4.79 Å². The Morgan fingerprint density at radius 2 is 2.38 bits per heavy atom. The van der Waals surface area contributed by atoms with Crippen LogP contribution in [0, 0.1) is 0 Å². The Hall–Kier alpha value is -0.570. The number of piperazine rings is 1. The van der Waals surface area contributed by atoms with Gasteiger partial charge in [-0.05, 0) is 25.8 Å². The number of hydrogen-bond acceptors (Lipinski definition) is 2. The number of rotatable bonds is 2. The predicted octanol–water partition coefficient (Wildman–Crippen LogP) is 0.703. The second-order valence-corrected chi connectivity index (χ2v) is 4.11. The summed E-state index contributed by atoms with van der Waals surface area (Å²) in [7, 11) is 0. The van der Waals surface area contributed by atoms with Crippen molar-refractivity contribution in [3.05, 3.63) is 0 Å². The van der Waals surface area contributed by atoms with Crippen molar-refractivity contribution < 1.29 is 4.79 Å². The maximum Gasteiger partial charge on any atom is 0.236 e. The van der Waals surface area contributed by atoms with Crippen molar-refractivity contribution in [2.75, 3.05) is 26.2 Å². The van der Waals surface area contributed by atoms with Crippen LogP contribution >= 0.6 is 0 Å². The van der Waals surface area contributed by atoms with Crippen molar-refractivity contribution in [2.24, 2.45) is 0 Å². The minimum atomic E-state index is 0.333. The zero-order valence-electron chi connectivity index (χ0n) is 8.33. The summed E-state index contributed by atoms with van der Waals surface area (Å²) in [6.45, 7) is 5.87.